The van der Waals surface area contributed by atoms with Gasteiger partial charge < -0.3 is 4.90 Å². The molecule has 0 saturated carbocycles. The Morgan fingerprint density at radius 2 is 2.14 bits per heavy atom. The molecule has 0 radical (unpaired) electrons. The fourth-order valence-corrected chi connectivity index (χ4v) is 4.46. The zero-order chi connectivity index (χ0) is 15.6. The van der Waals surface area contributed by atoms with E-state index in [1.54, 1.807) is 0 Å². The summed E-state index contributed by atoms with van der Waals surface area (Å²) in [6, 6.07) is 6.46. The second-order valence-electron chi connectivity index (χ2n) is 5.16. The van der Waals surface area contributed by atoms with Crippen LogP contribution in [-0.4, -0.2) is 50.3 Å². The Morgan fingerprint density at radius 3 is 2.76 bits per heavy atom. The third-order valence-electron chi connectivity index (χ3n) is 3.89. The Morgan fingerprint density at radius 1 is 1.43 bits per heavy atom. The number of halogens is 1. The van der Waals surface area contributed by atoms with E-state index in [0.29, 0.717) is 25.2 Å². The van der Waals surface area contributed by atoms with Crippen LogP contribution in [0.5, 0.6) is 0 Å². The van der Waals surface area contributed by atoms with Crippen LogP contribution in [-0.2, 0) is 10.0 Å². The van der Waals surface area contributed by atoms with Crippen molar-refractivity contribution >= 4 is 21.6 Å². The van der Waals surface area contributed by atoms with E-state index in [0.717, 1.165) is 6.42 Å². The normalized spacial score (nSPS) is 21.1. The van der Waals surface area contributed by atoms with Crippen LogP contribution in [0, 0.1) is 11.3 Å². The SMILES string of the molecule is CCC1CN(S(=O)(=O)c2cc(C#N)ccc2Cl)CCN1C. The van der Waals surface area contributed by atoms with Gasteiger partial charge in [-0.05, 0) is 31.7 Å². The zero-order valence-corrected chi connectivity index (χ0v) is 13.7. The molecule has 1 heterocycles. The summed E-state index contributed by atoms with van der Waals surface area (Å²) in [6.07, 6.45) is 0.883. The minimum absolute atomic E-state index is 0.0163. The maximum atomic E-state index is 12.8. The molecule has 0 bridgehead atoms. The van der Waals surface area contributed by atoms with Crippen molar-refractivity contribution in [2.24, 2.45) is 0 Å². The summed E-state index contributed by atoms with van der Waals surface area (Å²) in [6.45, 7) is 3.61. The van der Waals surface area contributed by atoms with Crippen molar-refractivity contribution in [3.63, 3.8) is 0 Å². The predicted octanol–water partition coefficient (Wildman–Crippen LogP) is 1.93. The summed E-state index contributed by atoms with van der Waals surface area (Å²) in [5, 5.41) is 9.09. The molecule has 1 atom stereocenters. The molecule has 2 rings (SSSR count). The van der Waals surface area contributed by atoms with E-state index < -0.39 is 10.0 Å². The van der Waals surface area contributed by atoms with Gasteiger partial charge in [0.2, 0.25) is 10.0 Å². The molecule has 1 aliphatic rings. The molecule has 5 nitrogen and oxygen atoms in total. The van der Waals surface area contributed by atoms with Crippen molar-refractivity contribution in [1.82, 2.24) is 9.21 Å². The lowest BCUT2D eigenvalue weighted by atomic mass is 10.1. The van der Waals surface area contributed by atoms with Gasteiger partial charge in [-0.1, -0.05) is 18.5 Å². The van der Waals surface area contributed by atoms with E-state index in [1.165, 1.54) is 22.5 Å². The van der Waals surface area contributed by atoms with E-state index in [2.05, 4.69) is 4.90 Å². The second-order valence-corrected chi connectivity index (χ2v) is 7.48. The van der Waals surface area contributed by atoms with Gasteiger partial charge in [0, 0.05) is 25.7 Å². The van der Waals surface area contributed by atoms with Crippen molar-refractivity contribution in [2.45, 2.75) is 24.3 Å². The van der Waals surface area contributed by atoms with Gasteiger partial charge in [0.15, 0.2) is 0 Å². The molecule has 1 aromatic carbocycles. The highest BCUT2D eigenvalue weighted by Crippen LogP contribution is 2.27. The largest absolute Gasteiger partial charge is 0.301 e. The standard InChI is InChI=1S/C14H18ClN3O2S/c1-3-12-10-18(7-6-17(12)2)21(19,20)14-8-11(9-16)4-5-13(14)15/h4-5,8,12H,3,6-7,10H2,1-2H3. The first-order chi connectivity index (χ1) is 9.90. The van der Waals surface area contributed by atoms with Crippen LogP contribution in [0.25, 0.3) is 0 Å². The molecule has 0 aromatic heterocycles. The van der Waals surface area contributed by atoms with Crippen LogP contribution in [0.4, 0.5) is 0 Å². The quantitative estimate of drug-likeness (QED) is 0.851. The van der Waals surface area contributed by atoms with Crippen LogP contribution >= 0.6 is 11.6 Å². The van der Waals surface area contributed by atoms with Gasteiger partial charge in [-0.2, -0.15) is 9.57 Å². The molecular formula is C14H18ClN3O2S. The van der Waals surface area contributed by atoms with Crippen LogP contribution < -0.4 is 0 Å². The first-order valence-electron chi connectivity index (χ1n) is 6.80. The highest BCUT2D eigenvalue weighted by Gasteiger charge is 2.33. The fraction of sp³-hybridized carbons (Fsp3) is 0.500. The first kappa shape index (κ1) is 16.2. The lowest BCUT2D eigenvalue weighted by Crippen LogP contribution is -2.52. The van der Waals surface area contributed by atoms with Gasteiger partial charge in [0.05, 0.1) is 16.7 Å². The van der Waals surface area contributed by atoms with E-state index in [9.17, 15) is 8.42 Å². The molecule has 0 aliphatic carbocycles. The number of hydrogen-bond donors (Lipinski definition) is 0. The molecule has 1 aromatic rings. The number of likely N-dealkylation sites (N-methyl/N-ethyl adjacent to an activating group) is 1. The second kappa shape index (κ2) is 6.32. The highest BCUT2D eigenvalue weighted by molar-refractivity contribution is 7.89. The Bertz CT molecular complexity index is 669. The third-order valence-corrected chi connectivity index (χ3v) is 6.24. The van der Waals surface area contributed by atoms with Crippen LogP contribution in [0.1, 0.15) is 18.9 Å². The molecule has 0 amide bonds. The summed E-state index contributed by atoms with van der Waals surface area (Å²) < 4.78 is 27.0. The Balaban J connectivity index is 2.37. The van der Waals surface area contributed by atoms with Gasteiger partial charge >= 0.3 is 0 Å². The molecule has 7 heteroatoms. The number of nitriles is 1. The van der Waals surface area contributed by atoms with Gasteiger partial charge in [-0.25, -0.2) is 8.42 Å². The summed E-state index contributed by atoms with van der Waals surface area (Å²) in [5.41, 5.74) is 0.291. The summed E-state index contributed by atoms with van der Waals surface area (Å²) in [4.78, 5) is 2.18. The van der Waals surface area contributed by atoms with E-state index in [1.807, 2.05) is 20.0 Å². The Kier molecular flexibility index (Phi) is 4.89. The molecule has 21 heavy (non-hydrogen) atoms. The zero-order valence-electron chi connectivity index (χ0n) is 12.1. The van der Waals surface area contributed by atoms with Crippen LogP contribution in [0.2, 0.25) is 5.02 Å². The number of sulfonamides is 1. The smallest absolute Gasteiger partial charge is 0.244 e. The highest BCUT2D eigenvalue weighted by atomic mass is 35.5. The number of hydrogen-bond acceptors (Lipinski definition) is 4. The predicted molar refractivity (Wildman–Crippen MR) is 81.6 cm³/mol. The molecule has 1 fully saturated rings. The van der Waals surface area contributed by atoms with Crippen LogP contribution in [0.15, 0.2) is 23.1 Å². The van der Waals surface area contributed by atoms with Crippen molar-refractivity contribution < 1.29 is 8.42 Å². The average Bonchev–Trinajstić information content (AvgIpc) is 2.47. The minimum Gasteiger partial charge on any atom is -0.301 e. The molecule has 1 aliphatic heterocycles. The average molecular weight is 328 g/mol. The Labute approximate surface area is 130 Å². The topological polar surface area (TPSA) is 64.4 Å². The molecule has 1 saturated heterocycles. The number of rotatable bonds is 3. The van der Waals surface area contributed by atoms with E-state index in [4.69, 9.17) is 16.9 Å². The molecule has 1 unspecified atom stereocenters. The summed E-state index contributed by atoms with van der Waals surface area (Å²) in [7, 11) is -1.67. The molecule has 0 N–H and O–H groups in total. The molecule has 114 valence electrons. The van der Waals surface area contributed by atoms with Crippen molar-refractivity contribution in [3.8, 4) is 6.07 Å². The van der Waals surface area contributed by atoms with Gasteiger partial charge in [0.25, 0.3) is 0 Å². The first-order valence-corrected chi connectivity index (χ1v) is 8.62. The van der Waals surface area contributed by atoms with Gasteiger partial charge in [-0.3, -0.25) is 0 Å². The maximum absolute atomic E-state index is 12.8. The lowest BCUT2D eigenvalue weighted by molar-refractivity contribution is 0.144. The minimum atomic E-state index is -3.67. The van der Waals surface area contributed by atoms with Crippen molar-refractivity contribution in [1.29, 1.82) is 5.26 Å². The Hall–Kier alpha value is -1.13. The summed E-state index contributed by atoms with van der Waals surface area (Å²) in [5.74, 6) is 0. The summed E-state index contributed by atoms with van der Waals surface area (Å²) >= 11 is 6.03. The van der Waals surface area contributed by atoms with E-state index in [-0.39, 0.29) is 16.0 Å². The monoisotopic (exact) mass is 327 g/mol. The molecular weight excluding hydrogens is 310 g/mol. The fourth-order valence-electron chi connectivity index (χ4n) is 2.49. The van der Waals surface area contributed by atoms with Crippen LogP contribution in [0.3, 0.4) is 0 Å². The number of benzene rings is 1. The number of nitrogens with zero attached hydrogens (tertiary/aromatic N) is 3. The maximum Gasteiger partial charge on any atom is 0.244 e. The van der Waals surface area contributed by atoms with Crippen molar-refractivity contribution in [2.75, 3.05) is 26.7 Å². The van der Waals surface area contributed by atoms with Crippen molar-refractivity contribution in [3.05, 3.63) is 28.8 Å². The van der Waals surface area contributed by atoms with E-state index >= 15 is 0 Å². The molecule has 0 spiro atoms. The third kappa shape index (κ3) is 3.22. The lowest BCUT2D eigenvalue weighted by Gasteiger charge is -2.38. The number of piperazine rings is 1. The van der Waals surface area contributed by atoms with Gasteiger partial charge in [0.1, 0.15) is 4.90 Å². The van der Waals surface area contributed by atoms with Gasteiger partial charge in [-0.15, -0.1) is 0 Å².